The maximum Gasteiger partial charge on any atom is 0.322 e. The molecule has 0 aliphatic carbocycles. The number of aliphatic carboxylic acids is 2. The Labute approximate surface area is 99.7 Å². The number of hydrogen-bond acceptors (Lipinski definition) is 3. The zero-order valence-corrected chi connectivity index (χ0v) is 8.90. The summed E-state index contributed by atoms with van der Waals surface area (Å²) in [5.74, 6) is -6.50. The van der Waals surface area contributed by atoms with Crippen LogP contribution in [0.25, 0.3) is 0 Å². The van der Waals surface area contributed by atoms with E-state index < -0.39 is 34.3 Å². The van der Waals surface area contributed by atoms with Crippen molar-refractivity contribution < 1.29 is 24.2 Å². The van der Waals surface area contributed by atoms with Gasteiger partial charge in [0.05, 0.1) is 16.7 Å². The first-order valence-corrected chi connectivity index (χ1v) is 4.61. The molecule has 0 saturated heterocycles. The predicted molar refractivity (Wildman–Crippen MR) is 54.1 cm³/mol. The molecule has 1 aromatic carbocycles. The smallest absolute Gasteiger partial charge is 0.322 e. The van der Waals surface area contributed by atoms with Gasteiger partial charge in [0.25, 0.3) is 0 Å². The first kappa shape index (κ1) is 12.9. The standard InChI is InChI=1S/C10H5ClFNO4/c11-8-5(12)2-1-4(3-13)6(8)7(9(14)15)10(16)17/h1-2,7H,(H,14,15)(H,16,17). The average Bonchev–Trinajstić information content (AvgIpc) is 2.24. The van der Waals surface area contributed by atoms with Gasteiger partial charge in [-0.25, -0.2) is 4.39 Å². The summed E-state index contributed by atoms with van der Waals surface area (Å²) in [4.78, 5) is 21.6. The molecule has 0 saturated carbocycles. The highest BCUT2D eigenvalue weighted by Crippen LogP contribution is 2.30. The molecule has 1 rings (SSSR count). The van der Waals surface area contributed by atoms with E-state index in [-0.39, 0.29) is 5.56 Å². The van der Waals surface area contributed by atoms with Gasteiger partial charge in [-0.1, -0.05) is 11.6 Å². The van der Waals surface area contributed by atoms with Gasteiger partial charge in [-0.2, -0.15) is 5.26 Å². The molecule has 0 aliphatic rings. The molecule has 17 heavy (non-hydrogen) atoms. The summed E-state index contributed by atoms with van der Waals surface area (Å²) in [6, 6.07) is 3.42. The lowest BCUT2D eigenvalue weighted by atomic mass is 9.94. The molecule has 0 fully saturated rings. The summed E-state index contributed by atoms with van der Waals surface area (Å²) in [7, 11) is 0. The average molecular weight is 258 g/mol. The monoisotopic (exact) mass is 257 g/mol. The Kier molecular flexibility index (Phi) is 3.66. The molecule has 2 N–H and O–H groups in total. The summed E-state index contributed by atoms with van der Waals surface area (Å²) in [6.45, 7) is 0. The number of halogens is 2. The van der Waals surface area contributed by atoms with Gasteiger partial charge < -0.3 is 10.2 Å². The summed E-state index contributed by atoms with van der Waals surface area (Å²) in [5.41, 5.74) is -0.833. The van der Waals surface area contributed by atoms with Crippen molar-refractivity contribution in [3.63, 3.8) is 0 Å². The molecule has 0 aromatic heterocycles. The molecule has 0 aliphatic heterocycles. The molecule has 0 radical (unpaired) electrons. The maximum atomic E-state index is 13.2. The highest BCUT2D eigenvalue weighted by Gasteiger charge is 2.33. The second-order valence-electron chi connectivity index (χ2n) is 3.04. The third-order valence-corrected chi connectivity index (χ3v) is 2.42. The van der Waals surface area contributed by atoms with Crippen LogP contribution in [0.1, 0.15) is 17.0 Å². The quantitative estimate of drug-likeness (QED) is 0.802. The molecule has 5 nitrogen and oxygen atoms in total. The fraction of sp³-hybridized carbons (Fsp3) is 0.100. The van der Waals surface area contributed by atoms with Crippen molar-refractivity contribution in [1.82, 2.24) is 0 Å². The number of benzene rings is 1. The minimum Gasteiger partial charge on any atom is -0.480 e. The van der Waals surface area contributed by atoms with Crippen LogP contribution >= 0.6 is 11.6 Å². The zero-order valence-electron chi connectivity index (χ0n) is 8.15. The molecule has 0 atom stereocenters. The molecule has 0 heterocycles. The molecule has 88 valence electrons. The Morgan fingerprint density at radius 3 is 2.29 bits per heavy atom. The highest BCUT2D eigenvalue weighted by atomic mass is 35.5. The lowest BCUT2D eigenvalue weighted by Gasteiger charge is -2.11. The molecular formula is C10H5ClFNO4. The van der Waals surface area contributed by atoms with Gasteiger partial charge in [0.2, 0.25) is 0 Å². The number of rotatable bonds is 3. The van der Waals surface area contributed by atoms with E-state index in [1.165, 1.54) is 0 Å². The minimum atomic E-state index is -2.08. The van der Waals surface area contributed by atoms with E-state index in [2.05, 4.69) is 0 Å². The van der Waals surface area contributed by atoms with Crippen LogP contribution in [0, 0.1) is 17.1 Å². The van der Waals surface area contributed by atoms with Gasteiger partial charge in [-0.15, -0.1) is 0 Å². The Bertz CT molecular complexity index is 524. The number of nitrogens with zero attached hydrogens (tertiary/aromatic N) is 1. The van der Waals surface area contributed by atoms with E-state index in [0.717, 1.165) is 12.1 Å². The van der Waals surface area contributed by atoms with Crippen LogP contribution in [-0.2, 0) is 9.59 Å². The van der Waals surface area contributed by atoms with E-state index in [1.54, 1.807) is 6.07 Å². The van der Waals surface area contributed by atoms with Crippen LogP contribution < -0.4 is 0 Å². The first-order chi connectivity index (χ1) is 7.90. The third-order valence-electron chi connectivity index (χ3n) is 2.04. The van der Waals surface area contributed by atoms with E-state index in [0.29, 0.717) is 0 Å². The van der Waals surface area contributed by atoms with Crippen LogP contribution in [0.2, 0.25) is 5.02 Å². The number of carbonyl (C=O) groups is 2. The van der Waals surface area contributed by atoms with Gasteiger partial charge >= 0.3 is 11.9 Å². The van der Waals surface area contributed by atoms with Crippen LogP contribution in [0.5, 0.6) is 0 Å². The van der Waals surface area contributed by atoms with Crippen molar-refractivity contribution in [2.24, 2.45) is 0 Å². The van der Waals surface area contributed by atoms with Gasteiger partial charge in [0.1, 0.15) is 5.82 Å². The first-order valence-electron chi connectivity index (χ1n) is 4.23. The number of carboxylic acids is 2. The molecule has 1 aromatic rings. The molecule has 0 unspecified atom stereocenters. The minimum absolute atomic E-state index is 0.286. The lowest BCUT2D eigenvalue weighted by molar-refractivity contribution is -0.150. The SMILES string of the molecule is N#Cc1ccc(F)c(Cl)c1C(C(=O)O)C(=O)O. The molecular weight excluding hydrogens is 253 g/mol. The molecule has 0 spiro atoms. The molecule has 0 amide bonds. The van der Waals surface area contributed by atoms with E-state index in [4.69, 9.17) is 27.1 Å². The van der Waals surface area contributed by atoms with Crippen LogP contribution in [0.3, 0.4) is 0 Å². The fourth-order valence-corrected chi connectivity index (χ4v) is 1.57. The number of carboxylic acid groups (broad SMARTS) is 2. The third kappa shape index (κ3) is 2.34. The van der Waals surface area contributed by atoms with Gasteiger partial charge in [-0.05, 0) is 12.1 Å². The Hall–Kier alpha value is -2.13. The normalized spacial score (nSPS) is 10.0. The molecule has 7 heteroatoms. The van der Waals surface area contributed by atoms with E-state index in [1.807, 2.05) is 0 Å². The summed E-state index contributed by atoms with van der Waals surface area (Å²) in [5, 5.41) is 25.6. The summed E-state index contributed by atoms with van der Waals surface area (Å²) in [6.07, 6.45) is 0. The van der Waals surface area contributed by atoms with Crippen molar-refractivity contribution >= 4 is 23.5 Å². The summed E-state index contributed by atoms with van der Waals surface area (Å²) < 4.78 is 13.2. The van der Waals surface area contributed by atoms with Gasteiger partial charge in [-0.3, -0.25) is 9.59 Å². The second-order valence-corrected chi connectivity index (χ2v) is 3.42. The van der Waals surface area contributed by atoms with Crippen LogP contribution in [0.15, 0.2) is 12.1 Å². The topological polar surface area (TPSA) is 98.4 Å². The van der Waals surface area contributed by atoms with Gasteiger partial charge in [0, 0.05) is 5.56 Å². The van der Waals surface area contributed by atoms with E-state index >= 15 is 0 Å². The van der Waals surface area contributed by atoms with Crippen molar-refractivity contribution in [3.05, 3.63) is 34.1 Å². The van der Waals surface area contributed by atoms with Crippen molar-refractivity contribution in [3.8, 4) is 6.07 Å². The predicted octanol–water partition coefficient (Wildman–Crippen LogP) is 1.60. The fourth-order valence-electron chi connectivity index (χ4n) is 1.30. The van der Waals surface area contributed by atoms with Crippen molar-refractivity contribution in [2.45, 2.75) is 5.92 Å². The molecule has 0 bridgehead atoms. The lowest BCUT2D eigenvalue weighted by Crippen LogP contribution is -2.22. The summed E-state index contributed by atoms with van der Waals surface area (Å²) >= 11 is 5.51. The number of nitriles is 1. The zero-order chi connectivity index (χ0) is 13.2. The number of hydrogen-bond donors (Lipinski definition) is 2. The Morgan fingerprint density at radius 1 is 1.35 bits per heavy atom. The maximum absolute atomic E-state index is 13.2. The van der Waals surface area contributed by atoms with Crippen LogP contribution in [-0.4, -0.2) is 22.2 Å². The van der Waals surface area contributed by atoms with Crippen molar-refractivity contribution in [2.75, 3.05) is 0 Å². The second kappa shape index (κ2) is 4.80. The largest absolute Gasteiger partial charge is 0.480 e. The van der Waals surface area contributed by atoms with Gasteiger partial charge in [0.15, 0.2) is 5.92 Å². The highest BCUT2D eigenvalue weighted by molar-refractivity contribution is 6.32. The Balaban J connectivity index is 3.58. The van der Waals surface area contributed by atoms with Crippen molar-refractivity contribution in [1.29, 1.82) is 5.26 Å². The Morgan fingerprint density at radius 2 is 1.88 bits per heavy atom. The van der Waals surface area contributed by atoms with Crippen LogP contribution in [0.4, 0.5) is 4.39 Å². The van der Waals surface area contributed by atoms with E-state index in [9.17, 15) is 14.0 Å².